The summed E-state index contributed by atoms with van der Waals surface area (Å²) in [7, 11) is -4.60. The quantitative estimate of drug-likeness (QED) is 0.782. The maximum Gasteiger partial charge on any atom is 0.341 e. The summed E-state index contributed by atoms with van der Waals surface area (Å²) in [5, 5.41) is 0. The number of hydrogen-bond acceptors (Lipinski definition) is 4. The number of rotatable bonds is 1. The molecule has 0 aliphatic heterocycles. The fourth-order valence-electron chi connectivity index (χ4n) is 0.481. The zero-order valence-electron chi connectivity index (χ0n) is 5.04. The minimum Gasteiger partial charge on any atom is -0.397 e. The lowest BCUT2D eigenvalue weighted by Gasteiger charge is -1.82. The predicted octanol–water partition coefficient (Wildman–Crippen LogP) is 1.75. The minimum absolute atomic E-state index is 0.228. The van der Waals surface area contributed by atoms with E-state index in [1.165, 1.54) is 0 Å². The number of hydrogen-bond donors (Lipinski definition) is 1. The van der Waals surface area contributed by atoms with Crippen molar-refractivity contribution in [3.63, 3.8) is 0 Å². The van der Waals surface area contributed by atoms with Gasteiger partial charge in [0.25, 0.3) is 0 Å². The molecule has 0 atom stereocenters. The van der Waals surface area contributed by atoms with E-state index in [9.17, 15) is 12.3 Å². The second kappa shape index (κ2) is 2.72. The van der Waals surface area contributed by atoms with E-state index in [-0.39, 0.29) is 9.90 Å². The summed E-state index contributed by atoms with van der Waals surface area (Å²) in [5.41, 5.74) is 5.50. The van der Waals surface area contributed by atoms with Crippen molar-refractivity contribution in [1.82, 2.24) is 0 Å². The molecule has 62 valence electrons. The van der Waals surface area contributed by atoms with Crippen molar-refractivity contribution < 1.29 is 12.3 Å². The lowest BCUT2D eigenvalue weighted by Crippen LogP contribution is -1.86. The monoisotopic (exact) mass is 259 g/mol. The molecule has 0 saturated carbocycles. The molecule has 11 heavy (non-hydrogen) atoms. The van der Waals surface area contributed by atoms with Crippen molar-refractivity contribution in [2.45, 2.75) is 4.21 Å². The standard InChI is InChI=1S/C4H3BrFNO2S2/c5-4-2(7)1-3(10-4)11(6,8)9/h1H,7H2. The molecule has 0 aliphatic carbocycles. The van der Waals surface area contributed by atoms with Crippen LogP contribution < -0.4 is 5.73 Å². The molecular formula is C4H3BrFNO2S2. The maximum absolute atomic E-state index is 12.2. The predicted molar refractivity (Wildman–Crippen MR) is 44.7 cm³/mol. The van der Waals surface area contributed by atoms with E-state index in [2.05, 4.69) is 15.9 Å². The molecule has 2 N–H and O–H groups in total. The smallest absolute Gasteiger partial charge is 0.341 e. The fourth-order valence-corrected chi connectivity index (χ4v) is 2.89. The zero-order chi connectivity index (χ0) is 8.65. The third-order valence-electron chi connectivity index (χ3n) is 0.931. The van der Waals surface area contributed by atoms with Gasteiger partial charge >= 0.3 is 10.2 Å². The Morgan fingerprint density at radius 1 is 1.64 bits per heavy atom. The van der Waals surface area contributed by atoms with E-state index in [0.717, 1.165) is 17.4 Å². The van der Waals surface area contributed by atoms with Gasteiger partial charge in [0.2, 0.25) is 0 Å². The molecule has 7 heteroatoms. The molecular weight excluding hydrogens is 257 g/mol. The number of anilines is 1. The summed E-state index contributed by atoms with van der Waals surface area (Å²) in [4.78, 5) is 0. The van der Waals surface area contributed by atoms with Gasteiger partial charge in [-0.1, -0.05) is 3.89 Å². The average molecular weight is 260 g/mol. The molecule has 0 radical (unpaired) electrons. The Balaban J connectivity index is 3.29. The van der Waals surface area contributed by atoms with Gasteiger partial charge in [-0.25, -0.2) is 0 Å². The van der Waals surface area contributed by atoms with Crippen LogP contribution in [0.3, 0.4) is 0 Å². The summed E-state index contributed by atoms with van der Waals surface area (Å²) < 4.78 is 32.8. The first-order chi connectivity index (χ1) is 4.91. The summed E-state index contributed by atoms with van der Waals surface area (Å²) in [6, 6.07) is 1.07. The highest BCUT2D eigenvalue weighted by Crippen LogP contribution is 2.33. The molecule has 1 aromatic rings. The first kappa shape index (κ1) is 8.95. The Morgan fingerprint density at radius 2 is 2.18 bits per heavy atom. The van der Waals surface area contributed by atoms with Crippen LogP contribution in [0, 0.1) is 0 Å². The largest absolute Gasteiger partial charge is 0.397 e. The van der Waals surface area contributed by atoms with Crippen LogP contribution in [0.1, 0.15) is 0 Å². The topological polar surface area (TPSA) is 60.2 Å². The van der Waals surface area contributed by atoms with Crippen LogP contribution in [0.2, 0.25) is 0 Å². The molecule has 1 heterocycles. The van der Waals surface area contributed by atoms with Crippen LogP contribution in [0.5, 0.6) is 0 Å². The normalized spacial score (nSPS) is 11.8. The van der Waals surface area contributed by atoms with Crippen LogP contribution in [0.4, 0.5) is 9.57 Å². The first-order valence-electron chi connectivity index (χ1n) is 2.41. The molecule has 0 bridgehead atoms. The summed E-state index contributed by atoms with van der Waals surface area (Å²) in [5.74, 6) is 0. The van der Waals surface area contributed by atoms with E-state index in [1.807, 2.05) is 0 Å². The third-order valence-corrected chi connectivity index (χ3v) is 4.05. The summed E-state index contributed by atoms with van der Waals surface area (Å²) in [6.45, 7) is 0. The Labute approximate surface area is 75.4 Å². The zero-order valence-corrected chi connectivity index (χ0v) is 8.26. The van der Waals surface area contributed by atoms with Crippen LogP contribution in [-0.2, 0) is 10.2 Å². The van der Waals surface area contributed by atoms with Gasteiger partial charge in [-0.15, -0.1) is 11.3 Å². The van der Waals surface area contributed by atoms with Gasteiger partial charge in [-0.3, -0.25) is 0 Å². The van der Waals surface area contributed by atoms with Gasteiger partial charge in [0.05, 0.1) is 9.47 Å². The van der Waals surface area contributed by atoms with Crippen molar-refractivity contribution >= 4 is 43.2 Å². The Bertz CT molecular complexity index is 352. The van der Waals surface area contributed by atoms with E-state index in [0.29, 0.717) is 3.79 Å². The van der Waals surface area contributed by atoms with Gasteiger partial charge in [0.15, 0.2) is 4.21 Å². The molecule has 1 rings (SSSR count). The van der Waals surface area contributed by atoms with E-state index < -0.39 is 10.2 Å². The second-order valence-electron chi connectivity index (χ2n) is 1.73. The lowest BCUT2D eigenvalue weighted by atomic mass is 10.6. The molecule has 0 amide bonds. The average Bonchev–Trinajstić information content (AvgIpc) is 2.11. The van der Waals surface area contributed by atoms with Gasteiger partial charge in [0, 0.05) is 0 Å². The van der Waals surface area contributed by atoms with Crippen molar-refractivity contribution in [2.24, 2.45) is 0 Å². The molecule has 0 unspecified atom stereocenters. The molecule has 0 fully saturated rings. The SMILES string of the molecule is Nc1cc(S(=O)(=O)F)sc1Br. The van der Waals surface area contributed by atoms with Crippen molar-refractivity contribution in [3.8, 4) is 0 Å². The van der Waals surface area contributed by atoms with Crippen molar-refractivity contribution in [3.05, 3.63) is 9.85 Å². The second-order valence-corrected chi connectivity index (χ2v) is 5.68. The highest BCUT2D eigenvalue weighted by Gasteiger charge is 2.16. The Morgan fingerprint density at radius 3 is 2.36 bits per heavy atom. The van der Waals surface area contributed by atoms with Crippen molar-refractivity contribution in [1.29, 1.82) is 0 Å². The number of nitrogen functional groups attached to an aromatic ring is 1. The lowest BCUT2D eigenvalue weighted by molar-refractivity contribution is 0.554. The van der Waals surface area contributed by atoms with Crippen LogP contribution in [-0.4, -0.2) is 8.42 Å². The summed E-state index contributed by atoms with van der Waals surface area (Å²) >= 11 is 3.72. The van der Waals surface area contributed by atoms with E-state index in [1.54, 1.807) is 0 Å². The van der Waals surface area contributed by atoms with Gasteiger partial charge in [0.1, 0.15) is 0 Å². The van der Waals surface area contributed by atoms with Gasteiger partial charge in [-0.05, 0) is 22.0 Å². The number of nitrogens with two attached hydrogens (primary N) is 1. The highest BCUT2D eigenvalue weighted by molar-refractivity contribution is 9.11. The van der Waals surface area contributed by atoms with Crippen LogP contribution in [0.25, 0.3) is 0 Å². The molecule has 0 saturated heterocycles. The molecule has 0 aliphatic rings. The Kier molecular flexibility index (Phi) is 2.22. The number of halogens is 2. The molecule has 0 aromatic carbocycles. The van der Waals surface area contributed by atoms with E-state index >= 15 is 0 Å². The minimum atomic E-state index is -4.60. The molecule has 1 aromatic heterocycles. The highest BCUT2D eigenvalue weighted by atomic mass is 79.9. The first-order valence-corrected chi connectivity index (χ1v) is 5.40. The molecule has 0 spiro atoms. The third kappa shape index (κ3) is 1.91. The molecule has 3 nitrogen and oxygen atoms in total. The summed E-state index contributed by atoms with van der Waals surface area (Å²) in [6.07, 6.45) is 0. The number of thiophene rings is 1. The van der Waals surface area contributed by atoms with Gasteiger partial charge in [-0.2, -0.15) is 8.42 Å². The Hall–Kier alpha value is -0.140. The van der Waals surface area contributed by atoms with Crippen molar-refractivity contribution in [2.75, 3.05) is 5.73 Å². The van der Waals surface area contributed by atoms with Crippen LogP contribution in [0.15, 0.2) is 14.1 Å². The maximum atomic E-state index is 12.2. The van der Waals surface area contributed by atoms with Crippen LogP contribution >= 0.6 is 27.3 Å². The fraction of sp³-hybridized carbons (Fsp3) is 0. The van der Waals surface area contributed by atoms with E-state index in [4.69, 9.17) is 5.73 Å². The van der Waals surface area contributed by atoms with Gasteiger partial charge < -0.3 is 5.73 Å².